The van der Waals surface area contributed by atoms with E-state index in [1.165, 1.54) is 36.4 Å². The molecule has 3 fully saturated rings. The third kappa shape index (κ3) is 22.7. The van der Waals surface area contributed by atoms with E-state index in [0.29, 0.717) is 25.9 Å². The number of β-amino-alcohol motifs (C(OH)–C–C–N with tert-alkyl or cyclic N) is 1. The van der Waals surface area contributed by atoms with Gasteiger partial charge in [0.2, 0.25) is 0 Å². The number of rotatable bonds is 9. The van der Waals surface area contributed by atoms with Gasteiger partial charge < -0.3 is 43.9 Å². The van der Waals surface area contributed by atoms with Crippen molar-refractivity contribution in [2.24, 2.45) is 0 Å². The van der Waals surface area contributed by atoms with Crippen LogP contribution in [0.4, 0.5) is 0 Å². The maximum atomic E-state index is 9.77. The second kappa shape index (κ2) is 30.2. The summed E-state index contributed by atoms with van der Waals surface area (Å²) in [7, 11) is 10.7. The van der Waals surface area contributed by atoms with Crippen molar-refractivity contribution in [2.45, 2.75) is 102 Å². The molecule has 0 aromatic heterocycles. The molecule has 0 saturated carbocycles. The number of likely N-dealkylation sites (N-methyl/N-ethyl adjacent to an activating group) is 3. The van der Waals surface area contributed by atoms with E-state index in [0.717, 1.165) is 84.6 Å². The van der Waals surface area contributed by atoms with Gasteiger partial charge in [-0.1, -0.05) is 110 Å². The van der Waals surface area contributed by atoms with E-state index in [4.69, 9.17) is 18.9 Å². The molecule has 5 unspecified atom stereocenters. The lowest BCUT2D eigenvalue weighted by Crippen LogP contribution is -2.31. The molecule has 0 amide bonds. The van der Waals surface area contributed by atoms with Crippen molar-refractivity contribution in [3.8, 4) is 0 Å². The average Bonchev–Trinajstić information content (AvgIpc) is 3.63. The van der Waals surface area contributed by atoms with Crippen LogP contribution in [0.15, 0.2) is 103 Å². The SMILES string of the molecule is C1CCOC1.CN1CC(O)CCC(OCc2ccccc2)C1.CN1CC=CCC(OCc2ccccc2)C1.CN1CCC(O)CC(OCc2ccccc2)C1.[B]C. The molecular weight excluding hydrogens is 713 g/mol. The predicted molar refractivity (Wildman–Crippen MR) is 233 cm³/mol. The number of benzene rings is 3. The van der Waals surface area contributed by atoms with Gasteiger partial charge in [0.1, 0.15) is 0 Å². The molecule has 2 radical (unpaired) electrons. The number of hydrogen-bond acceptors (Lipinski definition) is 9. The van der Waals surface area contributed by atoms with Crippen molar-refractivity contribution in [1.29, 1.82) is 0 Å². The average molecular weight is 786 g/mol. The fourth-order valence-electron chi connectivity index (χ4n) is 6.90. The Hall–Kier alpha value is -2.90. The first kappa shape index (κ1) is 48.5. The lowest BCUT2D eigenvalue weighted by Gasteiger charge is -2.20. The summed E-state index contributed by atoms with van der Waals surface area (Å²) in [6.45, 7) is 11.1. The van der Waals surface area contributed by atoms with Gasteiger partial charge in [-0.3, -0.25) is 0 Å². The Morgan fingerprint density at radius 3 is 1.58 bits per heavy atom. The number of nitrogens with zero attached hydrogens (tertiary/aromatic N) is 3. The highest BCUT2D eigenvalue weighted by Gasteiger charge is 2.22. The molecule has 2 N–H and O–H groups in total. The van der Waals surface area contributed by atoms with E-state index in [-0.39, 0.29) is 24.4 Å². The van der Waals surface area contributed by atoms with Crippen molar-refractivity contribution in [2.75, 3.05) is 73.6 Å². The monoisotopic (exact) mass is 786 g/mol. The van der Waals surface area contributed by atoms with Gasteiger partial charge in [-0.05, 0) is 76.4 Å². The molecule has 3 saturated heterocycles. The Morgan fingerprint density at radius 2 is 1.05 bits per heavy atom. The summed E-state index contributed by atoms with van der Waals surface area (Å²) in [6, 6.07) is 30.8. The zero-order valence-corrected chi connectivity index (χ0v) is 35.4. The molecule has 57 heavy (non-hydrogen) atoms. The second-order valence-corrected chi connectivity index (χ2v) is 15.4. The summed E-state index contributed by atoms with van der Waals surface area (Å²) in [5, 5.41) is 19.4. The maximum Gasteiger partial charge on any atom is 0.0740 e. The van der Waals surface area contributed by atoms with Crippen LogP contribution in [0.1, 0.15) is 61.6 Å². The van der Waals surface area contributed by atoms with Crippen LogP contribution < -0.4 is 0 Å². The molecule has 4 heterocycles. The Morgan fingerprint density at radius 1 is 0.561 bits per heavy atom. The largest absolute Gasteiger partial charge is 0.393 e. The number of ether oxygens (including phenoxy) is 4. The molecule has 0 aliphatic carbocycles. The van der Waals surface area contributed by atoms with Crippen molar-refractivity contribution in [3.05, 3.63) is 120 Å². The normalized spacial score (nSPS) is 24.3. The van der Waals surface area contributed by atoms with Crippen molar-refractivity contribution >= 4 is 7.85 Å². The Bertz CT molecular complexity index is 1380. The van der Waals surface area contributed by atoms with Crippen LogP contribution in [0.3, 0.4) is 0 Å². The van der Waals surface area contributed by atoms with Gasteiger partial charge in [0.15, 0.2) is 0 Å². The third-order valence-corrected chi connectivity index (χ3v) is 10.1. The molecule has 4 aliphatic rings. The fourth-order valence-corrected chi connectivity index (χ4v) is 6.90. The van der Waals surface area contributed by atoms with Gasteiger partial charge in [-0.25, -0.2) is 0 Å². The quantitative estimate of drug-likeness (QED) is 0.180. The van der Waals surface area contributed by atoms with Crippen molar-refractivity contribution < 1.29 is 29.2 Å². The number of aliphatic hydroxyl groups excluding tert-OH is 2. The summed E-state index contributed by atoms with van der Waals surface area (Å²) in [6.07, 6.45) is 11.7. The lowest BCUT2D eigenvalue weighted by atomic mass is 10.1. The first-order valence-electron chi connectivity index (χ1n) is 21.0. The van der Waals surface area contributed by atoms with Crippen LogP contribution in [0.25, 0.3) is 0 Å². The zero-order valence-electron chi connectivity index (χ0n) is 35.4. The standard InChI is InChI=1S/2C14H21NO2.C14H19NO.C4H8O.CH3B/c1-15-8-7-13(16)9-14(10-15)17-11-12-5-3-2-4-6-12;1-15-9-13(16)7-8-14(10-15)17-11-12-5-3-2-4-6-12;1-15-10-6-5-9-14(11-15)16-12-13-7-3-2-4-8-13;1-2-4-5-3-1;1-2/h2*2-6,13-14,16H,7-11H2,1H3;2-8,14H,9-12H2,1H3;1-4H2;1H3. The van der Waals surface area contributed by atoms with E-state index >= 15 is 0 Å². The molecule has 9 nitrogen and oxygen atoms in total. The Kier molecular flexibility index (Phi) is 25.7. The highest BCUT2D eigenvalue weighted by molar-refractivity contribution is 6.05. The molecule has 314 valence electrons. The molecule has 3 aromatic rings. The van der Waals surface area contributed by atoms with Crippen LogP contribution in [-0.2, 0) is 38.8 Å². The van der Waals surface area contributed by atoms with Crippen LogP contribution in [0.2, 0.25) is 6.82 Å². The summed E-state index contributed by atoms with van der Waals surface area (Å²) in [4.78, 5) is 6.67. The van der Waals surface area contributed by atoms with Crippen LogP contribution in [0, 0.1) is 0 Å². The number of hydrogen-bond donors (Lipinski definition) is 2. The summed E-state index contributed by atoms with van der Waals surface area (Å²) < 4.78 is 22.7. The maximum absolute atomic E-state index is 9.77. The Balaban J connectivity index is 0.000000211. The number of likely N-dealkylation sites (tertiary alicyclic amines) is 2. The molecule has 5 atom stereocenters. The first-order valence-corrected chi connectivity index (χ1v) is 21.0. The van der Waals surface area contributed by atoms with Crippen molar-refractivity contribution in [1.82, 2.24) is 14.7 Å². The minimum Gasteiger partial charge on any atom is -0.393 e. The molecular formula is C47H72BN3O6. The molecule has 10 heteroatoms. The minimum atomic E-state index is -0.222. The summed E-state index contributed by atoms with van der Waals surface area (Å²) in [5.74, 6) is 0. The number of aliphatic hydroxyl groups is 2. The van der Waals surface area contributed by atoms with Gasteiger partial charge >= 0.3 is 0 Å². The van der Waals surface area contributed by atoms with Gasteiger partial charge in [-0.2, -0.15) is 0 Å². The fraction of sp³-hybridized carbons (Fsp3) is 0.574. The van der Waals surface area contributed by atoms with Crippen LogP contribution in [-0.4, -0.2) is 137 Å². The van der Waals surface area contributed by atoms with E-state index in [9.17, 15) is 10.2 Å². The Labute approximate surface area is 346 Å². The van der Waals surface area contributed by atoms with E-state index < -0.39 is 0 Å². The second-order valence-electron chi connectivity index (χ2n) is 15.4. The molecule has 4 aliphatic heterocycles. The zero-order chi connectivity index (χ0) is 40.9. The summed E-state index contributed by atoms with van der Waals surface area (Å²) >= 11 is 0. The highest BCUT2D eigenvalue weighted by Crippen LogP contribution is 2.16. The molecule has 7 rings (SSSR count). The van der Waals surface area contributed by atoms with E-state index in [1.54, 1.807) is 0 Å². The predicted octanol–water partition coefficient (Wildman–Crippen LogP) is 6.78. The molecule has 0 bridgehead atoms. The van der Waals surface area contributed by atoms with Gasteiger partial charge in [0.05, 0.1) is 58.2 Å². The van der Waals surface area contributed by atoms with Gasteiger partial charge in [0, 0.05) is 58.9 Å². The van der Waals surface area contributed by atoms with Crippen molar-refractivity contribution in [3.63, 3.8) is 0 Å². The van der Waals surface area contributed by atoms with Gasteiger partial charge in [-0.15, -0.1) is 0 Å². The highest BCUT2D eigenvalue weighted by atomic mass is 16.5. The van der Waals surface area contributed by atoms with E-state index in [1.807, 2.05) is 49.5 Å². The smallest absolute Gasteiger partial charge is 0.0740 e. The first-order chi connectivity index (χ1) is 27.8. The van der Waals surface area contributed by atoms with Crippen LogP contribution in [0.5, 0.6) is 0 Å². The van der Waals surface area contributed by atoms with Crippen LogP contribution >= 0.6 is 0 Å². The minimum absolute atomic E-state index is 0.137. The third-order valence-electron chi connectivity index (χ3n) is 10.1. The van der Waals surface area contributed by atoms with Gasteiger partial charge in [0.25, 0.3) is 0 Å². The topological polar surface area (TPSA) is 87.1 Å². The summed E-state index contributed by atoms with van der Waals surface area (Å²) in [5.41, 5.74) is 3.65. The molecule has 0 spiro atoms. The van der Waals surface area contributed by atoms with E-state index in [2.05, 4.69) is 97.3 Å². The lowest BCUT2D eigenvalue weighted by molar-refractivity contribution is 0.00332. The molecule has 3 aromatic carbocycles.